The molecule has 1 atom stereocenters. The zero-order valence-electron chi connectivity index (χ0n) is 16.5. The Morgan fingerprint density at radius 1 is 1.00 bits per heavy atom. The second-order valence-corrected chi connectivity index (χ2v) is 7.22. The molecule has 0 saturated heterocycles. The first-order valence-corrected chi connectivity index (χ1v) is 9.50. The van der Waals surface area contributed by atoms with E-state index in [1.54, 1.807) is 34.1 Å². The number of rotatable bonds is 3. The van der Waals surface area contributed by atoms with Crippen LogP contribution in [0.2, 0.25) is 0 Å². The maximum absolute atomic E-state index is 13.1. The molecule has 7 nitrogen and oxygen atoms in total. The van der Waals surface area contributed by atoms with Gasteiger partial charge in [-0.25, -0.2) is 4.79 Å². The highest BCUT2D eigenvalue weighted by molar-refractivity contribution is 6.10. The van der Waals surface area contributed by atoms with Gasteiger partial charge < -0.3 is 19.3 Å². The summed E-state index contributed by atoms with van der Waals surface area (Å²) in [5.41, 5.74) is 3.06. The Kier molecular flexibility index (Phi) is 4.87. The standard InChI is InChI=1S/C23H20N2O5/c1-14-13-24(22(27)21-4-3-11-30-21)20-12-18(9-10-19(20)25(14)15(2)26)16-5-7-17(8-6-16)23(28)29/h3-12,14H,13H2,1-2H3,(H,28,29)/t14-/m0/s1. The van der Waals surface area contributed by atoms with Crippen LogP contribution in [0.4, 0.5) is 11.4 Å². The van der Waals surface area contributed by atoms with Crippen molar-refractivity contribution in [3.05, 3.63) is 72.2 Å². The topological polar surface area (TPSA) is 91.1 Å². The number of furan rings is 1. The monoisotopic (exact) mass is 404 g/mol. The lowest BCUT2D eigenvalue weighted by Gasteiger charge is -2.40. The van der Waals surface area contributed by atoms with Crippen molar-refractivity contribution in [3.8, 4) is 11.1 Å². The van der Waals surface area contributed by atoms with Crippen LogP contribution in [0.25, 0.3) is 11.1 Å². The van der Waals surface area contributed by atoms with Gasteiger partial charge in [-0.2, -0.15) is 0 Å². The Balaban J connectivity index is 1.81. The Hall–Kier alpha value is -3.87. The van der Waals surface area contributed by atoms with Crippen molar-refractivity contribution >= 4 is 29.2 Å². The fourth-order valence-corrected chi connectivity index (χ4v) is 3.82. The molecule has 1 N–H and O–H groups in total. The molecule has 2 aromatic carbocycles. The summed E-state index contributed by atoms with van der Waals surface area (Å²) in [5.74, 6) is -1.16. The molecule has 0 unspecified atom stereocenters. The van der Waals surface area contributed by atoms with Crippen LogP contribution in [-0.4, -0.2) is 35.5 Å². The summed E-state index contributed by atoms with van der Waals surface area (Å²) in [6, 6.07) is 15.1. The summed E-state index contributed by atoms with van der Waals surface area (Å²) in [6.07, 6.45) is 1.45. The van der Waals surface area contributed by atoms with E-state index in [0.29, 0.717) is 17.9 Å². The molecule has 4 rings (SSSR count). The molecule has 30 heavy (non-hydrogen) atoms. The maximum atomic E-state index is 13.1. The number of amides is 2. The van der Waals surface area contributed by atoms with Gasteiger partial charge in [0.05, 0.1) is 29.2 Å². The van der Waals surface area contributed by atoms with Crippen LogP contribution in [0.3, 0.4) is 0 Å². The van der Waals surface area contributed by atoms with Crippen molar-refractivity contribution in [1.29, 1.82) is 0 Å². The van der Waals surface area contributed by atoms with Crippen LogP contribution in [0.15, 0.2) is 65.3 Å². The summed E-state index contributed by atoms with van der Waals surface area (Å²) in [5, 5.41) is 9.11. The Morgan fingerprint density at radius 2 is 1.70 bits per heavy atom. The van der Waals surface area contributed by atoms with Gasteiger partial charge in [0.1, 0.15) is 0 Å². The molecule has 0 aliphatic carbocycles. The molecule has 0 saturated carbocycles. The number of hydrogen-bond acceptors (Lipinski definition) is 4. The second kappa shape index (κ2) is 7.51. The van der Waals surface area contributed by atoms with Crippen molar-refractivity contribution < 1.29 is 23.9 Å². The Morgan fingerprint density at radius 3 is 2.30 bits per heavy atom. The highest BCUT2D eigenvalue weighted by atomic mass is 16.4. The largest absolute Gasteiger partial charge is 0.478 e. The van der Waals surface area contributed by atoms with E-state index in [4.69, 9.17) is 9.52 Å². The normalized spacial score (nSPS) is 15.6. The molecule has 2 amide bonds. The third-order valence-electron chi connectivity index (χ3n) is 5.19. The predicted molar refractivity (Wildman–Crippen MR) is 112 cm³/mol. The van der Waals surface area contributed by atoms with Gasteiger partial charge in [0, 0.05) is 13.5 Å². The number of nitrogens with zero attached hydrogens (tertiary/aromatic N) is 2. The number of carboxylic acids is 1. The number of hydrogen-bond donors (Lipinski definition) is 1. The van der Waals surface area contributed by atoms with Crippen molar-refractivity contribution in [2.75, 3.05) is 16.3 Å². The quantitative estimate of drug-likeness (QED) is 0.711. The van der Waals surface area contributed by atoms with Gasteiger partial charge in [0.25, 0.3) is 5.91 Å². The second-order valence-electron chi connectivity index (χ2n) is 7.22. The van der Waals surface area contributed by atoms with Crippen molar-refractivity contribution in [2.24, 2.45) is 0 Å². The van der Waals surface area contributed by atoms with Crippen molar-refractivity contribution in [2.45, 2.75) is 19.9 Å². The summed E-state index contributed by atoms with van der Waals surface area (Å²) >= 11 is 0. The number of aromatic carboxylic acids is 1. The molecular formula is C23H20N2O5. The summed E-state index contributed by atoms with van der Waals surface area (Å²) in [6.45, 7) is 3.72. The van der Waals surface area contributed by atoms with Gasteiger partial charge in [0.2, 0.25) is 5.91 Å². The van der Waals surface area contributed by atoms with Gasteiger partial charge in [-0.05, 0) is 54.4 Å². The van der Waals surface area contributed by atoms with E-state index in [2.05, 4.69) is 0 Å². The molecule has 0 radical (unpaired) electrons. The zero-order chi connectivity index (χ0) is 21.4. The molecule has 152 valence electrons. The fraction of sp³-hybridized carbons (Fsp3) is 0.174. The van der Waals surface area contributed by atoms with E-state index in [9.17, 15) is 14.4 Å². The Bertz CT molecular complexity index is 1120. The first kappa shape index (κ1) is 19.4. The van der Waals surface area contributed by atoms with Crippen LogP contribution < -0.4 is 9.80 Å². The highest BCUT2D eigenvalue weighted by Gasteiger charge is 2.34. The number of carbonyl (C=O) groups is 3. The van der Waals surface area contributed by atoms with Crippen LogP contribution in [0.5, 0.6) is 0 Å². The van der Waals surface area contributed by atoms with E-state index >= 15 is 0 Å². The molecular weight excluding hydrogens is 384 g/mol. The smallest absolute Gasteiger partial charge is 0.335 e. The van der Waals surface area contributed by atoms with Gasteiger partial charge in [-0.15, -0.1) is 0 Å². The average molecular weight is 404 g/mol. The number of anilines is 2. The highest BCUT2D eigenvalue weighted by Crippen LogP contribution is 2.39. The number of carboxylic acid groups (broad SMARTS) is 1. The minimum atomic E-state index is -0.992. The summed E-state index contributed by atoms with van der Waals surface area (Å²) in [7, 11) is 0. The van der Waals surface area contributed by atoms with Gasteiger partial charge in [-0.1, -0.05) is 18.2 Å². The van der Waals surface area contributed by atoms with Crippen LogP contribution in [0, 0.1) is 0 Å². The van der Waals surface area contributed by atoms with E-state index in [-0.39, 0.29) is 29.2 Å². The molecule has 1 aromatic heterocycles. The minimum Gasteiger partial charge on any atom is -0.478 e. The van der Waals surface area contributed by atoms with Crippen LogP contribution in [0.1, 0.15) is 34.8 Å². The number of benzene rings is 2. The lowest BCUT2D eigenvalue weighted by atomic mass is 9.99. The number of fused-ring (bicyclic) bond motifs is 1. The van der Waals surface area contributed by atoms with Crippen LogP contribution in [-0.2, 0) is 4.79 Å². The first-order valence-electron chi connectivity index (χ1n) is 9.50. The van der Waals surface area contributed by atoms with Gasteiger partial charge in [-0.3, -0.25) is 9.59 Å². The van der Waals surface area contributed by atoms with Crippen molar-refractivity contribution in [1.82, 2.24) is 0 Å². The van der Waals surface area contributed by atoms with E-state index in [1.807, 2.05) is 25.1 Å². The molecule has 0 fully saturated rings. The molecule has 3 aromatic rings. The lowest BCUT2D eigenvalue weighted by molar-refractivity contribution is -0.117. The summed E-state index contributed by atoms with van der Waals surface area (Å²) < 4.78 is 5.30. The van der Waals surface area contributed by atoms with E-state index in [0.717, 1.165) is 11.1 Å². The Labute approximate surface area is 173 Å². The predicted octanol–water partition coefficient (Wildman–Crippen LogP) is 4.05. The molecule has 0 bridgehead atoms. The van der Waals surface area contributed by atoms with Crippen LogP contribution >= 0.6 is 0 Å². The zero-order valence-corrected chi connectivity index (χ0v) is 16.5. The maximum Gasteiger partial charge on any atom is 0.335 e. The molecule has 1 aliphatic rings. The third-order valence-corrected chi connectivity index (χ3v) is 5.19. The fourth-order valence-electron chi connectivity index (χ4n) is 3.82. The molecule has 1 aliphatic heterocycles. The van der Waals surface area contributed by atoms with E-state index < -0.39 is 5.97 Å². The molecule has 0 spiro atoms. The SMILES string of the molecule is CC(=O)N1c2ccc(-c3ccc(C(=O)O)cc3)cc2N(C(=O)c2ccco2)C[C@@H]1C. The summed E-state index contributed by atoms with van der Waals surface area (Å²) in [4.78, 5) is 39.8. The average Bonchev–Trinajstić information content (AvgIpc) is 3.27. The van der Waals surface area contributed by atoms with Gasteiger partial charge >= 0.3 is 5.97 Å². The van der Waals surface area contributed by atoms with Crippen molar-refractivity contribution in [3.63, 3.8) is 0 Å². The molecule has 7 heteroatoms. The third kappa shape index (κ3) is 3.34. The number of carbonyl (C=O) groups excluding carboxylic acids is 2. The first-order chi connectivity index (χ1) is 14.4. The van der Waals surface area contributed by atoms with E-state index in [1.165, 1.54) is 25.3 Å². The molecule has 2 heterocycles. The lowest BCUT2D eigenvalue weighted by Crippen LogP contribution is -2.51. The van der Waals surface area contributed by atoms with Gasteiger partial charge in [0.15, 0.2) is 5.76 Å². The minimum absolute atomic E-state index is 0.104.